The van der Waals surface area contributed by atoms with Crippen LogP contribution in [0.25, 0.3) is 0 Å². The Bertz CT molecular complexity index is 1580. The molecule has 0 spiro atoms. The second kappa shape index (κ2) is 19.4. The number of nitrogens with zero attached hydrogens (tertiary/aromatic N) is 2. The zero-order chi connectivity index (χ0) is 37.7. The lowest BCUT2D eigenvalue weighted by molar-refractivity contribution is -0.134. The van der Waals surface area contributed by atoms with E-state index < -0.39 is 17.5 Å². The minimum absolute atomic E-state index is 0.108. The molecule has 1 atom stereocenters. The van der Waals surface area contributed by atoms with E-state index in [9.17, 15) is 18.4 Å². The van der Waals surface area contributed by atoms with Gasteiger partial charge in [-0.3, -0.25) is 0 Å². The largest absolute Gasteiger partial charge is 0.493 e. The molecule has 1 fully saturated rings. The molecular formula is C40H50F2N2O8. The van der Waals surface area contributed by atoms with Gasteiger partial charge in [0.25, 0.3) is 0 Å². The van der Waals surface area contributed by atoms with E-state index in [1.165, 1.54) is 29.8 Å². The number of carbonyl (C=O) groups is 2. The van der Waals surface area contributed by atoms with Gasteiger partial charge in [-0.05, 0) is 85.7 Å². The number of carboxylic acids is 2. The lowest BCUT2D eigenvalue weighted by Gasteiger charge is -2.42. The summed E-state index contributed by atoms with van der Waals surface area (Å²) in [7, 11) is 4.99. The molecule has 1 saturated heterocycles. The molecular weight excluding hydrogens is 674 g/mol. The molecule has 282 valence electrons. The third-order valence-corrected chi connectivity index (χ3v) is 9.87. The predicted molar refractivity (Wildman–Crippen MR) is 194 cm³/mol. The van der Waals surface area contributed by atoms with Crippen LogP contribution in [0, 0.1) is 11.6 Å². The van der Waals surface area contributed by atoms with Crippen LogP contribution in [-0.2, 0) is 26.3 Å². The smallest absolute Gasteiger partial charge is 0.328 e. The normalized spacial score (nSPS) is 17.7. The molecule has 3 aromatic rings. The Morgan fingerprint density at radius 2 is 1.35 bits per heavy atom. The molecule has 0 radical (unpaired) electrons. The summed E-state index contributed by atoms with van der Waals surface area (Å²) in [5.74, 6) is -0.871. The van der Waals surface area contributed by atoms with E-state index in [0.717, 1.165) is 88.1 Å². The highest BCUT2D eigenvalue weighted by Gasteiger charge is 2.41. The van der Waals surface area contributed by atoms with Crippen LogP contribution in [0.15, 0.2) is 66.7 Å². The van der Waals surface area contributed by atoms with Crippen molar-refractivity contribution in [2.45, 2.75) is 50.5 Å². The number of hydrogen-bond donors (Lipinski definition) is 2. The quantitative estimate of drug-likeness (QED) is 0.168. The summed E-state index contributed by atoms with van der Waals surface area (Å²) in [5.41, 5.74) is 3.99. The number of carboxylic acid groups (broad SMARTS) is 2. The molecule has 0 aromatic heterocycles. The minimum Gasteiger partial charge on any atom is -0.493 e. The van der Waals surface area contributed by atoms with Crippen molar-refractivity contribution in [1.82, 2.24) is 9.80 Å². The van der Waals surface area contributed by atoms with E-state index in [-0.39, 0.29) is 17.6 Å². The van der Waals surface area contributed by atoms with Gasteiger partial charge in [-0.15, -0.1) is 0 Å². The van der Waals surface area contributed by atoms with Gasteiger partial charge < -0.3 is 39.0 Å². The van der Waals surface area contributed by atoms with Gasteiger partial charge in [0.2, 0.25) is 5.75 Å². The summed E-state index contributed by atoms with van der Waals surface area (Å²) in [6, 6.07) is 15.5. The Hall–Kier alpha value is -4.52. The Balaban J connectivity index is 0.000000677. The van der Waals surface area contributed by atoms with Crippen LogP contribution in [-0.4, -0.2) is 99.2 Å². The Labute approximate surface area is 304 Å². The van der Waals surface area contributed by atoms with E-state index in [1.807, 2.05) is 24.3 Å². The number of fused-ring (bicyclic) bond motifs is 1. The van der Waals surface area contributed by atoms with Crippen molar-refractivity contribution in [2.24, 2.45) is 0 Å². The Kier molecular flexibility index (Phi) is 15.0. The average Bonchev–Trinajstić information content (AvgIpc) is 3.15. The van der Waals surface area contributed by atoms with Gasteiger partial charge in [-0.1, -0.05) is 31.2 Å². The molecule has 0 aliphatic carbocycles. The number of methoxy groups -OCH3 is 3. The number of hydrogen-bond acceptors (Lipinski definition) is 8. The fourth-order valence-corrected chi connectivity index (χ4v) is 7.14. The molecule has 2 heterocycles. The van der Waals surface area contributed by atoms with Crippen LogP contribution >= 0.6 is 0 Å². The van der Waals surface area contributed by atoms with E-state index >= 15 is 0 Å². The second-order valence-electron chi connectivity index (χ2n) is 12.9. The molecule has 1 unspecified atom stereocenters. The van der Waals surface area contributed by atoms with Crippen molar-refractivity contribution in [1.29, 1.82) is 0 Å². The molecule has 0 saturated carbocycles. The van der Waals surface area contributed by atoms with Gasteiger partial charge in [-0.25, -0.2) is 18.4 Å². The SMILES string of the molecule is CCC1(CCN2CCN(CCCC(c3ccc(F)cc3)c3ccc(F)cc3)CC2)OCCc2cc(OC)c(OC)c(OC)c21.O=C(O)/C=C\C(=O)O. The summed E-state index contributed by atoms with van der Waals surface area (Å²) in [6.07, 6.45) is 5.58. The Morgan fingerprint density at radius 3 is 1.81 bits per heavy atom. The third-order valence-electron chi connectivity index (χ3n) is 9.87. The predicted octanol–water partition coefficient (Wildman–Crippen LogP) is 6.50. The summed E-state index contributed by atoms with van der Waals surface area (Å²) in [6.45, 7) is 8.85. The average molecular weight is 725 g/mol. The van der Waals surface area contributed by atoms with Gasteiger partial charge in [0, 0.05) is 56.4 Å². The third kappa shape index (κ3) is 10.5. The van der Waals surface area contributed by atoms with E-state index in [1.54, 1.807) is 21.3 Å². The maximum Gasteiger partial charge on any atom is 0.328 e. The first-order valence-corrected chi connectivity index (χ1v) is 17.6. The molecule has 2 aliphatic rings. The molecule has 3 aromatic carbocycles. The summed E-state index contributed by atoms with van der Waals surface area (Å²) in [5, 5.41) is 15.6. The minimum atomic E-state index is -1.26. The first kappa shape index (κ1) is 40.3. The molecule has 2 N–H and O–H groups in total. The highest BCUT2D eigenvalue weighted by atomic mass is 19.1. The number of rotatable bonds is 15. The zero-order valence-corrected chi connectivity index (χ0v) is 30.4. The monoisotopic (exact) mass is 724 g/mol. The van der Waals surface area contributed by atoms with E-state index in [2.05, 4.69) is 22.8 Å². The number of piperazine rings is 1. The molecule has 5 rings (SSSR count). The molecule has 10 nitrogen and oxygen atoms in total. The van der Waals surface area contributed by atoms with Gasteiger partial charge in [0.15, 0.2) is 11.5 Å². The molecule has 0 amide bonds. The van der Waals surface area contributed by atoms with Crippen LogP contribution < -0.4 is 14.2 Å². The summed E-state index contributed by atoms with van der Waals surface area (Å²) >= 11 is 0. The van der Waals surface area contributed by atoms with Crippen molar-refractivity contribution < 1.29 is 47.5 Å². The maximum atomic E-state index is 13.6. The van der Waals surface area contributed by atoms with Crippen molar-refractivity contribution in [3.8, 4) is 17.2 Å². The molecule has 52 heavy (non-hydrogen) atoms. The van der Waals surface area contributed by atoms with Gasteiger partial charge in [-0.2, -0.15) is 0 Å². The van der Waals surface area contributed by atoms with Crippen LogP contribution in [0.4, 0.5) is 8.78 Å². The topological polar surface area (TPSA) is 118 Å². The van der Waals surface area contributed by atoms with Crippen LogP contribution in [0.5, 0.6) is 17.2 Å². The molecule has 12 heteroatoms. The van der Waals surface area contributed by atoms with Crippen molar-refractivity contribution in [2.75, 3.05) is 67.2 Å². The fraction of sp³-hybridized carbons (Fsp3) is 0.450. The first-order valence-electron chi connectivity index (χ1n) is 17.6. The lowest BCUT2D eigenvalue weighted by atomic mass is 9.80. The van der Waals surface area contributed by atoms with Crippen molar-refractivity contribution >= 4 is 11.9 Å². The summed E-state index contributed by atoms with van der Waals surface area (Å²) < 4.78 is 51.1. The van der Waals surface area contributed by atoms with Crippen molar-refractivity contribution in [3.05, 3.63) is 101 Å². The maximum absolute atomic E-state index is 13.6. The molecule has 0 bridgehead atoms. The van der Waals surface area contributed by atoms with Crippen molar-refractivity contribution in [3.63, 3.8) is 0 Å². The fourth-order valence-electron chi connectivity index (χ4n) is 7.14. The second-order valence-corrected chi connectivity index (χ2v) is 12.9. The van der Waals surface area contributed by atoms with Gasteiger partial charge in [0.05, 0.1) is 33.5 Å². The highest BCUT2D eigenvalue weighted by Crippen LogP contribution is 2.51. The zero-order valence-electron chi connectivity index (χ0n) is 30.4. The highest BCUT2D eigenvalue weighted by molar-refractivity contribution is 5.89. The number of ether oxygens (including phenoxy) is 4. The number of aliphatic carboxylic acids is 2. The number of benzene rings is 3. The standard InChI is InChI=1S/C36H46F2N2O4.C4H4O4/c1-5-36(33-28(16-24-44-36)25-32(41-2)34(42-3)35(33)43-4)17-19-40-22-20-39(21-23-40)18-6-7-31(26-8-12-29(37)13-9-26)27-10-14-30(38)15-11-27;5-3(6)1-2-4(7)8/h8-15,25,31H,5-7,16-24H2,1-4H3;1-2H,(H,5,6)(H,7,8)/b;2-1-. The van der Waals surface area contributed by atoms with E-state index in [0.29, 0.717) is 36.0 Å². The summed E-state index contributed by atoms with van der Waals surface area (Å²) in [4.78, 5) is 24.2. The number of halogens is 2. The van der Waals surface area contributed by atoms with Gasteiger partial charge in [0.1, 0.15) is 11.6 Å². The lowest BCUT2D eigenvalue weighted by Crippen LogP contribution is -2.48. The van der Waals surface area contributed by atoms with E-state index in [4.69, 9.17) is 29.2 Å². The van der Waals surface area contributed by atoms with Crippen LogP contribution in [0.3, 0.4) is 0 Å². The molecule has 2 aliphatic heterocycles. The first-order chi connectivity index (χ1) is 25.0. The van der Waals surface area contributed by atoms with Gasteiger partial charge >= 0.3 is 11.9 Å². The van der Waals surface area contributed by atoms with Crippen LogP contribution in [0.1, 0.15) is 60.8 Å². The Morgan fingerprint density at radius 1 is 0.827 bits per heavy atom. The van der Waals surface area contributed by atoms with Crippen LogP contribution in [0.2, 0.25) is 0 Å².